The normalized spacial score (nSPS) is 15.0. The van der Waals surface area contributed by atoms with Gasteiger partial charge in [-0.3, -0.25) is 4.90 Å². The molecule has 1 saturated heterocycles. The van der Waals surface area contributed by atoms with Gasteiger partial charge in [0.2, 0.25) is 0 Å². The van der Waals surface area contributed by atoms with Crippen LogP contribution in [0.4, 0.5) is 20.6 Å². The van der Waals surface area contributed by atoms with Crippen molar-refractivity contribution < 1.29 is 27.1 Å². The first-order chi connectivity index (χ1) is 16.2. The molecule has 0 N–H and O–H groups in total. The highest BCUT2D eigenvalue weighted by atomic mass is 32.2. The molecular weight excluding hydrogens is 461 g/mol. The van der Waals surface area contributed by atoms with E-state index in [1.807, 2.05) is 12.1 Å². The number of hydrogen-bond acceptors (Lipinski definition) is 6. The van der Waals surface area contributed by atoms with Crippen molar-refractivity contribution >= 4 is 33.2 Å². The summed E-state index contributed by atoms with van der Waals surface area (Å²) in [4.78, 5) is 30.2. The fraction of sp³-hybridized carbons (Fsp3) is 0.417. The first-order valence-corrected chi connectivity index (χ1v) is 13.0. The number of ether oxygens (including phenoxy) is 1. The van der Waals surface area contributed by atoms with Gasteiger partial charge in [0.15, 0.2) is 9.84 Å². The van der Waals surface area contributed by atoms with Gasteiger partial charge in [0, 0.05) is 43.1 Å². The second-order valence-electron chi connectivity index (χ2n) is 7.99. The zero-order valence-corrected chi connectivity index (χ0v) is 20.5. The molecule has 1 fully saturated rings. The highest BCUT2D eigenvalue weighted by Crippen LogP contribution is 2.25. The van der Waals surface area contributed by atoms with Crippen LogP contribution in [0.25, 0.3) is 0 Å². The first-order valence-electron chi connectivity index (χ1n) is 11.2. The van der Waals surface area contributed by atoms with Gasteiger partial charge in [-0.15, -0.1) is 0 Å². The Morgan fingerprint density at radius 2 is 1.59 bits per heavy atom. The second kappa shape index (κ2) is 10.9. The summed E-state index contributed by atoms with van der Waals surface area (Å²) in [6.45, 7) is 5.85. The Balaban J connectivity index is 1.92. The molecule has 1 aliphatic rings. The van der Waals surface area contributed by atoms with E-state index in [9.17, 15) is 22.4 Å². The Bertz CT molecular complexity index is 1120. The van der Waals surface area contributed by atoms with Crippen LogP contribution < -0.4 is 9.80 Å². The minimum Gasteiger partial charge on any atom is -0.465 e. The van der Waals surface area contributed by atoms with Crippen molar-refractivity contribution in [2.75, 3.05) is 54.6 Å². The SMILES string of the molecule is CCN(CC)c1ccc(N(Cc2ccc(C(=O)OC)cc2F)C(=O)N2CCS(=O)(=O)CC2)cc1. The lowest BCUT2D eigenvalue weighted by Crippen LogP contribution is -2.49. The van der Waals surface area contributed by atoms with E-state index < -0.39 is 27.7 Å². The Morgan fingerprint density at radius 1 is 1.00 bits per heavy atom. The molecule has 2 aromatic rings. The number of esters is 1. The van der Waals surface area contributed by atoms with Crippen LogP contribution in [0.5, 0.6) is 0 Å². The Kier molecular flexibility index (Phi) is 8.14. The number of nitrogens with zero attached hydrogens (tertiary/aromatic N) is 3. The van der Waals surface area contributed by atoms with Crippen LogP contribution in [-0.2, 0) is 21.1 Å². The second-order valence-corrected chi connectivity index (χ2v) is 10.3. The number of carbonyl (C=O) groups is 2. The fourth-order valence-corrected chi connectivity index (χ4v) is 5.07. The maximum absolute atomic E-state index is 14.8. The van der Waals surface area contributed by atoms with Gasteiger partial charge in [-0.2, -0.15) is 0 Å². The smallest absolute Gasteiger partial charge is 0.337 e. The van der Waals surface area contributed by atoms with Gasteiger partial charge in [0.1, 0.15) is 5.82 Å². The van der Waals surface area contributed by atoms with Gasteiger partial charge in [-0.25, -0.2) is 22.4 Å². The van der Waals surface area contributed by atoms with Crippen molar-refractivity contribution in [1.29, 1.82) is 0 Å². The summed E-state index contributed by atoms with van der Waals surface area (Å²) in [5.41, 5.74) is 1.86. The van der Waals surface area contributed by atoms with Crippen LogP contribution in [0.2, 0.25) is 0 Å². The predicted molar refractivity (Wildman–Crippen MR) is 130 cm³/mol. The molecule has 0 aliphatic carbocycles. The first kappa shape index (κ1) is 25.5. The molecular formula is C24H30FN3O5S. The Labute approximate surface area is 199 Å². The zero-order chi connectivity index (χ0) is 24.9. The minimum absolute atomic E-state index is 0.0754. The predicted octanol–water partition coefficient (Wildman–Crippen LogP) is 3.32. The van der Waals surface area contributed by atoms with Crippen molar-refractivity contribution in [2.45, 2.75) is 20.4 Å². The third kappa shape index (κ3) is 5.85. The van der Waals surface area contributed by atoms with E-state index in [1.165, 1.54) is 29.0 Å². The van der Waals surface area contributed by atoms with Gasteiger partial charge in [0.25, 0.3) is 0 Å². The van der Waals surface area contributed by atoms with Crippen molar-refractivity contribution in [3.05, 3.63) is 59.4 Å². The minimum atomic E-state index is -3.16. The van der Waals surface area contributed by atoms with Gasteiger partial charge < -0.3 is 14.5 Å². The van der Waals surface area contributed by atoms with E-state index in [4.69, 9.17) is 0 Å². The topological polar surface area (TPSA) is 87.2 Å². The number of halogens is 1. The van der Waals surface area contributed by atoms with Gasteiger partial charge in [-0.1, -0.05) is 6.07 Å². The lowest BCUT2D eigenvalue weighted by Gasteiger charge is -2.33. The molecule has 1 heterocycles. The average Bonchev–Trinajstić information content (AvgIpc) is 2.83. The van der Waals surface area contributed by atoms with Crippen molar-refractivity contribution in [1.82, 2.24) is 4.90 Å². The number of benzene rings is 2. The number of amides is 2. The highest BCUT2D eigenvalue weighted by molar-refractivity contribution is 7.91. The zero-order valence-electron chi connectivity index (χ0n) is 19.7. The molecule has 0 saturated carbocycles. The lowest BCUT2D eigenvalue weighted by molar-refractivity contribution is 0.0600. The van der Waals surface area contributed by atoms with Crippen LogP contribution in [0.3, 0.4) is 0 Å². The number of carbonyl (C=O) groups excluding carboxylic acids is 2. The van der Waals surface area contributed by atoms with Gasteiger partial charge in [-0.05, 0) is 50.2 Å². The van der Waals surface area contributed by atoms with E-state index >= 15 is 0 Å². The number of sulfone groups is 1. The number of methoxy groups -OCH3 is 1. The maximum Gasteiger partial charge on any atom is 0.337 e. The maximum atomic E-state index is 14.8. The Morgan fingerprint density at radius 3 is 2.12 bits per heavy atom. The molecule has 34 heavy (non-hydrogen) atoms. The third-order valence-corrected chi connectivity index (χ3v) is 7.55. The molecule has 2 amide bonds. The molecule has 0 bridgehead atoms. The van der Waals surface area contributed by atoms with Gasteiger partial charge >= 0.3 is 12.0 Å². The number of urea groups is 1. The average molecular weight is 492 g/mol. The molecule has 0 radical (unpaired) electrons. The molecule has 184 valence electrons. The van der Waals surface area contributed by atoms with Crippen LogP contribution in [0, 0.1) is 5.82 Å². The van der Waals surface area contributed by atoms with E-state index in [0.717, 1.165) is 24.8 Å². The molecule has 8 nitrogen and oxygen atoms in total. The highest BCUT2D eigenvalue weighted by Gasteiger charge is 2.29. The molecule has 0 atom stereocenters. The van der Waals surface area contributed by atoms with Crippen molar-refractivity contribution in [3.63, 3.8) is 0 Å². The van der Waals surface area contributed by atoms with E-state index in [2.05, 4.69) is 23.5 Å². The fourth-order valence-electron chi connectivity index (χ4n) is 3.87. The van der Waals surface area contributed by atoms with E-state index in [-0.39, 0.29) is 42.3 Å². The molecule has 3 rings (SSSR count). The summed E-state index contributed by atoms with van der Waals surface area (Å²) in [6.07, 6.45) is 0. The van der Waals surface area contributed by atoms with Crippen molar-refractivity contribution in [2.24, 2.45) is 0 Å². The summed E-state index contributed by atoms with van der Waals surface area (Å²) in [7, 11) is -1.95. The summed E-state index contributed by atoms with van der Waals surface area (Å²) in [6, 6.07) is 11.0. The Hall–Kier alpha value is -3.14. The lowest BCUT2D eigenvalue weighted by atomic mass is 10.1. The summed E-state index contributed by atoms with van der Waals surface area (Å²) in [5, 5.41) is 0. The molecule has 2 aromatic carbocycles. The number of rotatable bonds is 7. The standard InChI is InChI=1S/C24H30FN3O5S/c1-4-26(5-2)20-8-10-21(11-9-20)28(24(30)27-12-14-34(31,32)15-13-27)17-19-7-6-18(16-22(19)25)23(29)33-3/h6-11,16H,4-5,12-15,17H2,1-3H3. The summed E-state index contributed by atoms with van der Waals surface area (Å²) >= 11 is 0. The third-order valence-electron chi connectivity index (χ3n) is 5.94. The molecule has 0 aromatic heterocycles. The van der Waals surface area contributed by atoms with Crippen LogP contribution in [-0.4, -0.2) is 70.1 Å². The summed E-state index contributed by atoms with van der Waals surface area (Å²) in [5.74, 6) is -1.49. The molecule has 0 spiro atoms. The van der Waals surface area contributed by atoms with Gasteiger partial charge in [0.05, 0.1) is 30.7 Å². The number of anilines is 2. The van der Waals surface area contributed by atoms with Crippen LogP contribution in [0.1, 0.15) is 29.8 Å². The summed E-state index contributed by atoms with van der Waals surface area (Å²) < 4.78 is 43.1. The van der Waals surface area contributed by atoms with E-state index in [0.29, 0.717) is 5.69 Å². The van der Waals surface area contributed by atoms with Crippen molar-refractivity contribution in [3.8, 4) is 0 Å². The number of hydrogen-bond donors (Lipinski definition) is 0. The molecule has 1 aliphatic heterocycles. The van der Waals surface area contributed by atoms with Crippen LogP contribution >= 0.6 is 0 Å². The van der Waals surface area contributed by atoms with Crippen LogP contribution in [0.15, 0.2) is 42.5 Å². The molecule has 10 heteroatoms. The quantitative estimate of drug-likeness (QED) is 0.553. The van der Waals surface area contributed by atoms with E-state index in [1.54, 1.807) is 12.1 Å². The monoisotopic (exact) mass is 491 g/mol. The molecule has 0 unspecified atom stereocenters. The largest absolute Gasteiger partial charge is 0.465 e.